The number of aromatic nitrogens is 2. The van der Waals surface area contributed by atoms with Crippen molar-refractivity contribution < 1.29 is 18.8 Å². The number of hydrazone groups is 1. The molecule has 0 aliphatic carbocycles. The number of nitrogens with one attached hydrogen (secondary N) is 1. The van der Waals surface area contributed by atoms with Crippen LogP contribution in [0.2, 0.25) is 0 Å². The molecule has 0 bridgehead atoms. The van der Waals surface area contributed by atoms with Gasteiger partial charge in [-0.3, -0.25) is 14.9 Å². The Morgan fingerprint density at radius 2 is 1.79 bits per heavy atom. The SMILES string of the molecule is O=C(COc1ccccc1[N+](=O)[O-])N/N=C/c1cn(-c2ccccc2)nc1-c1ccc(F)cc1. The first-order valence-corrected chi connectivity index (χ1v) is 10.1. The van der Waals surface area contributed by atoms with Crippen molar-refractivity contribution in [3.05, 3.63) is 107 Å². The van der Waals surface area contributed by atoms with Crippen LogP contribution in [0.15, 0.2) is 90.2 Å². The zero-order valence-electron chi connectivity index (χ0n) is 17.7. The van der Waals surface area contributed by atoms with Gasteiger partial charge in [-0.1, -0.05) is 30.3 Å². The molecular formula is C24H18FN5O4. The van der Waals surface area contributed by atoms with Gasteiger partial charge in [0.15, 0.2) is 12.4 Å². The number of nitrogens with zero attached hydrogens (tertiary/aromatic N) is 4. The minimum atomic E-state index is -0.604. The summed E-state index contributed by atoms with van der Waals surface area (Å²) in [7, 11) is 0. The third kappa shape index (κ3) is 5.30. The molecule has 0 aliphatic rings. The number of nitro groups is 1. The van der Waals surface area contributed by atoms with Crippen molar-refractivity contribution in [3.63, 3.8) is 0 Å². The van der Waals surface area contributed by atoms with E-state index in [1.807, 2.05) is 30.3 Å². The summed E-state index contributed by atoms with van der Waals surface area (Å²) in [6.07, 6.45) is 3.14. The van der Waals surface area contributed by atoms with Gasteiger partial charge >= 0.3 is 5.69 Å². The summed E-state index contributed by atoms with van der Waals surface area (Å²) in [5.41, 5.74) is 4.69. The Morgan fingerprint density at radius 1 is 1.09 bits per heavy atom. The number of carbonyl (C=O) groups excluding carboxylic acids is 1. The third-order valence-electron chi connectivity index (χ3n) is 4.69. The quantitative estimate of drug-likeness (QED) is 0.242. The van der Waals surface area contributed by atoms with Gasteiger partial charge in [0.05, 0.1) is 16.8 Å². The van der Waals surface area contributed by atoms with Crippen LogP contribution in [0.1, 0.15) is 5.56 Å². The van der Waals surface area contributed by atoms with Gasteiger partial charge in [0.1, 0.15) is 11.5 Å². The van der Waals surface area contributed by atoms with Gasteiger partial charge in [-0.2, -0.15) is 10.2 Å². The van der Waals surface area contributed by atoms with Gasteiger partial charge in [-0.05, 0) is 42.5 Å². The molecule has 1 heterocycles. The predicted molar refractivity (Wildman–Crippen MR) is 123 cm³/mol. The molecule has 1 amide bonds. The number of hydrogen-bond donors (Lipinski definition) is 1. The van der Waals surface area contributed by atoms with E-state index >= 15 is 0 Å². The summed E-state index contributed by atoms with van der Waals surface area (Å²) in [5.74, 6) is -0.991. The minimum absolute atomic E-state index is 0.0191. The van der Waals surface area contributed by atoms with Crippen molar-refractivity contribution in [2.24, 2.45) is 5.10 Å². The van der Waals surface area contributed by atoms with Gasteiger partial charge in [-0.25, -0.2) is 14.5 Å². The second-order valence-corrected chi connectivity index (χ2v) is 7.03. The average Bonchev–Trinajstić information content (AvgIpc) is 3.28. The summed E-state index contributed by atoms with van der Waals surface area (Å²) in [6, 6.07) is 21.0. The molecule has 0 unspecified atom stereocenters. The van der Waals surface area contributed by atoms with Gasteiger partial charge in [-0.15, -0.1) is 0 Å². The Morgan fingerprint density at radius 3 is 2.53 bits per heavy atom. The van der Waals surface area contributed by atoms with Crippen LogP contribution in [-0.4, -0.2) is 33.4 Å². The van der Waals surface area contributed by atoms with Gasteiger partial charge in [0.2, 0.25) is 0 Å². The van der Waals surface area contributed by atoms with E-state index in [-0.39, 0.29) is 17.3 Å². The van der Waals surface area contributed by atoms with Crippen molar-refractivity contribution in [3.8, 4) is 22.7 Å². The molecule has 1 N–H and O–H groups in total. The number of benzene rings is 3. The molecule has 170 valence electrons. The normalized spacial score (nSPS) is 10.9. The largest absolute Gasteiger partial charge is 0.477 e. The van der Waals surface area contributed by atoms with Crippen LogP contribution in [-0.2, 0) is 4.79 Å². The van der Waals surface area contributed by atoms with E-state index in [1.54, 1.807) is 29.1 Å². The molecule has 0 radical (unpaired) electrons. The zero-order chi connectivity index (χ0) is 23.9. The van der Waals surface area contributed by atoms with E-state index in [0.29, 0.717) is 16.8 Å². The molecule has 4 rings (SSSR count). The Labute approximate surface area is 193 Å². The van der Waals surface area contributed by atoms with E-state index in [9.17, 15) is 19.3 Å². The Bertz CT molecular complexity index is 1340. The van der Waals surface area contributed by atoms with Crippen LogP contribution < -0.4 is 10.2 Å². The molecule has 0 spiro atoms. The maximum absolute atomic E-state index is 13.4. The lowest BCUT2D eigenvalue weighted by Gasteiger charge is -2.05. The molecule has 9 nitrogen and oxygen atoms in total. The average molecular weight is 459 g/mol. The molecule has 1 aromatic heterocycles. The summed E-state index contributed by atoms with van der Waals surface area (Å²) >= 11 is 0. The van der Waals surface area contributed by atoms with Crippen molar-refractivity contribution >= 4 is 17.8 Å². The fourth-order valence-electron chi connectivity index (χ4n) is 3.11. The van der Waals surface area contributed by atoms with Crippen molar-refractivity contribution in [2.45, 2.75) is 0 Å². The molecule has 0 saturated heterocycles. The lowest BCUT2D eigenvalue weighted by molar-refractivity contribution is -0.385. The fourth-order valence-corrected chi connectivity index (χ4v) is 3.11. The molecule has 10 heteroatoms. The van der Waals surface area contributed by atoms with E-state index < -0.39 is 17.4 Å². The van der Waals surface area contributed by atoms with Crippen LogP contribution in [0.3, 0.4) is 0 Å². The van der Waals surface area contributed by atoms with Crippen LogP contribution >= 0.6 is 0 Å². The topological polar surface area (TPSA) is 112 Å². The molecule has 0 aliphatic heterocycles. The molecule has 0 saturated carbocycles. The minimum Gasteiger partial charge on any atom is -0.477 e. The summed E-state index contributed by atoms with van der Waals surface area (Å²) in [5, 5.41) is 19.6. The van der Waals surface area contributed by atoms with Crippen LogP contribution in [0.25, 0.3) is 16.9 Å². The fraction of sp³-hybridized carbons (Fsp3) is 0.0417. The summed E-state index contributed by atoms with van der Waals surface area (Å²) < 4.78 is 20.3. The van der Waals surface area contributed by atoms with E-state index in [0.717, 1.165) is 5.69 Å². The van der Waals surface area contributed by atoms with E-state index in [2.05, 4.69) is 15.6 Å². The lowest BCUT2D eigenvalue weighted by atomic mass is 10.1. The Balaban J connectivity index is 1.49. The highest BCUT2D eigenvalue weighted by molar-refractivity contribution is 5.89. The summed E-state index contributed by atoms with van der Waals surface area (Å²) in [6.45, 7) is -0.462. The number of para-hydroxylation sites is 3. The Hall–Kier alpha value is -4.86. The predicted octanol–water partition coefficient (Wildman–Crippen LogP) is 4.12. The number of ether oxygens (including phenoxy) is 1. The van der Waals surface area contributed by atoms with Gasteiger partial charge in [0.25, 0.3) is 5.91 Å². The molecule has 3 aromatic carbocycles. The second kappa shape index (κ2) is 10.2. The van der Waals surface area contributed by atoms with Crippen molar-refractivity contribution in [1.29, 1.82) is 0 Å². The van der Waals surface area contributed by atoms with E-state index in [4.69, 9.17) is 4.74 Å². The highest BCUT2D eigenvalue weighted by Gasteiger charge is 2.15. The second-order valence-electron chi connectivity index (χ2n) is 7.03. The number of carbonyl (C=O) groups is 1. The van der Waals surface area contributed by atoms with Crippen molar-refractivity contribution in [1.82, 2.24) is 15.2 Å². The Kier molecular flexibility index (Phi) is 6.68. The first-order chi connectivity index (χ1) is 16.5. The molecule has 34 heavy (non-hydrogen) atoms. The first-order valence-electron chi connectivity index (χ1n) is 10.1. The monoisotopic (exact) mass is 459 g/mol. The van der Waals surface area contributed by atoms with Crippen molar-refractivity contribution in [2.75, 3.05) is 6.61 Å². The highest BCUT2D eigenvalue weighted by Crippen LogP contribution is 2.26. The summed E-state index contributed by atoms with van der Waals surface area (Å²) in [4.78, 5) is 22.6. The van der Waals surface area contributed by atoms with Gasteiger partial charge < -0.3 is 4.74 Å². The lowest BCUT2D eigenvalue weighted by Crippen LogP contribution is -2.24. The number of hydrogen-bond acceptors (Lipinski definition) is 6. The molecule has 0 atom stereocenters. The number of amides is 1. The maximum Gasteiger partial charge on any atom is 0.310 e. The first kappa shape index (κ1) is 22.3. The highest BCUT2D eigenvalue weighted by atomic mass is 19.1. The zero-order valence-corrected chi connectivity index (χ0v) is 17.7. The van der Waals surface area contributed by atoms with Crippen LogP contribution in [0, 0.1) is 15.9 Å². The molecule has 0 fully saturated rings. The van der Waals surface area contributed by atoms with Crippen LogP contribution in [0.4, 0.5) is 10.1 Å². The van der Waals surface area contributed by atoms with Gasteiger partial charge in [0, 0.05) is 23.4 Å². The number of halogens is 1. The molecular weight excluding hydrogens is 441 g/mol. The van der Waals surface area contributed by atoms with Crippen LogP contribution in [0.5, 0.6) is 5.75 Å². The number of rotatable bonds is 8. The smallest absolute Gasteiger partial charge is 0.310 e. The molecule has 4 aromatic rings. The number of nitro benzene ring substituents is 1. The van der Waals surface area contributed by atoms with E-state index in [1.165, 1.54) is 36.5 Å². The standard InChI is InChI=1S/C24H18FN5O4/c25-19-12-10-17(11-13-19)24-18(15-29(28-24)20-6-2-1-3-7-20)14-26-27-23(31)16-34-22-9-5-4-8-21(22)30(32)33/h1-15H,16H2,(H,27,31)/b26-14+. The maximum atomic E-state index is 13.4. The third-order valence-corrected chi connectivity index (χ3v) is 4.69.